The van der Waals surface area contributed by atoms with Gasteiger partial charge in [-0.2, -0.15) is 0 Å². The molecule has 0 N–H and O–H groups in total. The number of carbonyl (C=O) groups is 1. The molecule has 7 heteroatoms. The molecule has 0 saturated carbocycles. The van der Waals surface area contributed by atoms with Gasteiger partial charge in [-0.3, -0.25) is 4.79 Å². The topological polar surface area (TPSA) is 75.0 Å². The zero-order valence-corrected chi connectivity index (χ0v) is 16.7. The van der Waals surface area contributed by atoms with Gasteiger partial charge in [-0.15, -0.1) is 0 Å². The number of hydrogen-bond donors (Lipinski definition) is 0. The van der Waals surface area contributed by atoms with Crippen molar-refractivity contribution in [3.63, 3.8) is 0 Å². The Labute approximate surface area is 172 Å². The molecule has 0 spiro atoms. The van der Waals surface area contributed by atoms with E-state index in [0.717, 1.165) is 11.8 Å². The van der Waals surface area contributed by atoms with Gasteiger partial charge in [0.05, 0.1) is 24.3 Å². The normalized spacial score (nSPS) is 10.4. The number of hydrogen-bond acceptors (Lipinski definition) is 6. The summed E-state index contributed by atoms with van der Waals surface area (Å²) < 4.78 is 21.6. The van der Waals surface area contributed by atoms with Gasteiger partial charge in [0.15, 0.2) is 5.43 Å². The van der Waals surface area contributed by atoms with Crippen molar-refractivity contribution in [3.8, 4) is 22.8 Å². The molecule has 0 fully saturated rings. The van der Waals surface area contributed by atoms with E-state index in [4.69, 9.17) is 30.2 Å². The first-order chi connectivity index (χ1) is 14.0. The van der Waals surface area contributed by atoms with Gasteiger partial charge >= 0.3 is 5.97 Å². The van der Waals surface area contributed by atoms with Crippen molar-refractivity contribution in [2.75, 3.05) is 13.7 Å². The third-order valence-electron chi connectivity index (χ3n) is 4.08. The number of rotatable bonds is 7. The minimum absolute atomic E-state index is 0.158. The van der Waals surface area contributed by atoms with Crippen LogP contribution in [0.15, 0.2) is 64.0 Å². The van der Waals surface area contributed by atoms with Crippen LogP contribution < -0.4 is 14.9 Å². The maximum absolute atomic E-state index is 12.4. The number of benzene rings is 2. The van der Waals surface area contributed by atoms with Crippen molar-refractivity contribution in [2.45, 2.75) is 13.5 Å². The van der Waals surface area contributed by atoms with Crippen molar-refractivity contribution in [1.29, 1.82) is 0 Å². The molecule has 29 heavy (non-hydrogen) atoms. The summed E-state index contributed by atoms with van der Waals surface area (Å²) in [4.78, 5) is 24.2. The fourth-order valence-corrected chi connectivity index (χ4v) is 2.89. The highest BCUT2D eigenvalue weighted by molar-refractivity contribution is 6.32. The van der Waals surface area contributed by atoms with Crippen LogP contribution in [0, 0.1) is 0 Å². The maximum Gasteiger partial charge on any atom is 0.345 e. The monoisotopic (exact) mass is 414 g/mol. The molecule has 0 aliphatic rings. The number of carbonyl (C=O) groups excluding carboxylic acids is 1. The zero-order chi connectivity index (χ0) is 20.8. The van der Waals surface area contributed by atoms with Crippen LogP contribution >= 0.6 is 11.6 Å². The van der Waals surface area contributed by atoms with E-state index in [0.29, 0.717) is 28.7 Å². The highest BCUT2D eigenvalue weighted by Crippen LogP contribution is 2.38. The zero-order valence-electron chi connectivity index (χ0n) is 15.9. The lowest BCUT2D eigenvalue weighted by Gasteiger charge is -2.14. The van der Waals surface area contributed by atoms with E-state index in [1.54, 1.807) is 19.1 Å². The Morgan fingerprint density at radius 2 is 1.86 bits per heavy atom. The van der Waals surface area contributed by atoms with Crippen LogP contribution in [-0.4, -0.2) is 19.7 Å². The fourth-order valence-electron chi connectivity index (χ4n) is 2.65. The summed E-state index contributed by atoms with van der Waals surface area (Å²) in [6.45, 7) is 2.11. The second kappa shape index (κ2) is 9.30. The Kier molecular flexibility index (Phi) is 6.57. The summed E-state index contributed by atoms with van der Waals surface area (Å²) in [5.74, 6) is 0.308. The highest BCUT2D eigenvalue weighted by Gasteiger charge is 2.18. The molecule has 3 aromatic rings. The van der Waals surface area contributed by atoms with Gasteiger partial charge in [0.1, 0.15) is 35.7 Å². The Morgan fingerprint density at radius 1 is 1.10 bits per heavy atom. The standard InChI is InChI=1S/C22H19ClO6/c1-3-27-22(25)16-13-29-19(10-18(16)24)15-9-17(23)21(26-2)11-20(15)28-12-14-7-5-4-6-8-14/h4-11,13H,3,12H2,1-2H3. The van der Waals surface area contributed by atoms with Crippen LogP contribution in [0.4, 0.5) is 0 Å². The van der Waals surface area contributed by atoms with Crippen molar-refractivity contribution in [2.24, 2.45) is 0 Å². The SMILES string of the molecule is CCOC(=O)c1coc(-c2cc(Cl)c(OC)cc2OCc2ccccc2)cc1=O. The molecule has 2 aromatic carbocycles. The van der Waals surface area contributed by atoms with Crippen LogP contribution in [0.25, 0.3) is 11.3 Å². The molecular weight excluding hydrogens is 396 g/mol. The van der Waals surface area contributed by atoms with Crippen LogP contribution in [0.2, 0.25) is 5.02 Å². The first kappa shape index (κ1) is 20.5. The first-order valence-corrected chi connectivity index (χ1v) is 9.26. The summed E-state index contributed by atoms with van der Waals surface area (Å²) in [7, 11) is 1.50. The summed E-state index contributed by atoms with van der Waals surface area (Å²) in [6.07, 6.45) is 1.08. The summed E-state index contributed by atoms with van der Waals surface area (Å²) in [5.41, 5.74) is 0.721. The Hall–Kier alpha value is -3.25. The summed E-state index contributed by atoms with van der Waals surface area (Å²) in [5, 5.41) is 0.326. The average Bonchev–Trinajstić information content (AvgIpc) is 2.73. The predicted molar refractivity (Wildman–Crippen MR) is 109 cm³/mol. The predicted octanol–water partition coefficient (Wildman–Crippen LogP) is 4.72. The molecule has 0 amide bonds. The van der Waals surface area contributed by atoms with Gasteiger partial charge < -0.3 is 18.6 Å². The van der Waals surface area contributed by atoms with Gasteiger partial charge in [0.2, 0.25) is 0 Å². The second-order valence-corrected chi connectivity index (χ2v) is 6.41. The molecule has 0 atom stereocenters. The molecule has 0 aliphatic carbocycles. The lowest BCUT2D eigenvalue weighted by molar-refractivity contribution is 0.0522. The van der Waals surface area contributed by atoms with Crippen LogP contribution in [0.5, 0.6) is 11.5 Å². The molecular formula is C22H19ClO6. The third kappa shape index (κ3) is 4.78. The Morgan fingerprint density at radius 3 is 2.52 bits per heavy atom. The number of halogens is 1. The second-order valence-electron chi connectivity index (χ2n) is 6.00. The number of ether oxygens (including phenoxy) is 3. The van der Waals surface area contributed by atoms with Crippen molar-refractivity contribution < 1.29 is 23.4 Å². The highest BCUT2D eigenvalue weighted by atomic mass is 35.5. The molecule has 1 heterocycles. The van der Waals surface area contributed by atoms with Gasteiger partial charge in [-0.1, -0.05) is 41.9 Å². The average molecular weight is 415 g/mol. The quantitative estimate of drug-likeness (QED) is 0.520. The molecule has 0 bridgehead atoms. The molecule has 0 radical (unpaired) electrons. The minimum atomic E-state index is -0.735. The summed E-state index contributed by atoms with van der Waals surface area (Å²) >= 11 is 6.26. The van der Waals surface area contributed by atoms with Gasteiger partial charge in [0, 0.05) is 12.1 Å². The maximum atomic E-state index is 12.4. The van der Waals surface area contributed by atoms with Crippen LogP contribution in [-0.2, 0) is 11.3 Å². The molecule has 1 aromatic heterocycles. The van der Waals surface area contributed by atoms with E-state index in [-0.39, 0.29) is 17.9 Å². The Bertz CT molecular complexity index is 1060. The third-order valence-corrected chi connectivity index (χ3v) is 4.38. The van der Waals surface area contributed by atoms with E-state index in [9.17, 15) is 9.59 Å². The largest absolute Gasteiger partial charge is 0.495 e. The van der Waals surface area contributed by atoms with E-state index in [1.165, 1.54) is 13.2 Å². The van der Waals surface area contributed by atoms with E-state index in [2.05, 4.69) is 0 Å². The molecule has 150 valence electrons. The van der Waals surface area contributed by atoms with Crippen LogP contribution in [0.3, 0.4) is 0 Å². The van der Waals surface area contributed by atoms with Crippen molar-refractivity contribution in [1.82, 2.24) is 0 Å². The lowest BCUT2D eigenvalue weighted by atomic mass is 10.1. The fraction of sp³-hybridized carbons (Fsp3) is 0.182. The van der Waals surface area contributed by atoms with Crippen LogP contribution in [0.1, 0.15) is 22.8 Å². The van der Waals surface area contributed by atoms with Crippen molar-refractivity contribution >= 4 is 17.6 Å². The van der Waals surface area contributed by atoms with Gasteiger partial charge in [-0.05, 0) is 18.6 Å². The molecule has 0 saturated heterocycles. The van der Waals surface area contributed by atoms with E-state index < -0.39 is 11.4 Å². The number of esters is 1. The summed E-state index contributed by atoms with van der Waals surface area (Å²) in [6, 6.07) is 14.0. The minimum Gasteiger partial charge on any atom is -0.495 e. The van der Waals surface area contributed by atoms with Gasteiger partial charge in [0.25, 0.3) is 0 Å². The number of methoxy groups -OCH3 is 1. The molecule has 0 aliphatic heterocycles. The van der Waals surface area contributed by atoms with E-state index in [1.807, 2.05) is 30.3 Å². The smallest absolute Gasteiger partial charge is 0.345 e. The molecule has 0 unspecified atom stereocenters. The first-order valence-electron chi connectivity index (χ1n) is 8.88. The molecule has 6 nitrogen and oxygen atoms in total. The molecule has 3 rings (SSSR count). The lowest BCUT2D eigenvalue weighted by Crippen LogP contribution is -2.16. The Balaban J connectivity index is 1.99. The van der Waals surface area contributed by atoms with E-state index >= 15 is 0 Å². The van der Waals surface area contributed by atoms with Crippen molar-refractivity contribution in [3.05, 3.63) is 81.2 Å². The van der Waals surface area contributed by atoms with Gasteiger partial charge in [-0.25, -0.2) is 4.79 Å².